The maximum absolute atomic E-state index is 12.5. The molecule has 1 aromatic carbocycles. The monoisotopic (exact) mass is 504 g/mol. The number of carbonyl (C=O) groups is 5. The van der Waals surface area contributed by atoms with Crippen LogP contribution in [0.3, 0.4) is 0 Å². The van der Waals surface area contributed by atoms with Crippen LogP contribution in [-0.2, 0) is 40.1 Å². The Bertz CT molecular complexity index is 909. The van der Waals surface area contributed by atoms with Crippen molar-refractivity contribution in [3.8, 4) is 0 Å². The SMILES string of the molecule is CC(=O)N[C@@H]1CCCC[C@H]1OCC(=O)N[C@H](C)C(=O)N[C@H](CCC(=O)OCc1ccccc1)C(N)=O. The smallest absolute Gasteiger partial charge is 0.306 e. The summed E-state index contributed by atoms with van der Waals surface area (Å²) in [4.78, 5) is 60.0. The van der Waals surface area contributed by atoms with E-state index < -0.39 is 35.8 Å². The van der Waals surface area contributed by atoms with E-state index in [0.717, 1.165) is 31.2 Å². The summed E-state index contributed by atoms with van der Waals surface area (Å²) in [6.45, 7) is 2.72. The van der Waals surface area contributed by atoms with Crippen LogP contribution in [0.4, 0.5) is 0 Å². The van der Waals surface area contributed by atoms with Gasteiger partial charge in [0.2, 0.25) is 23.6 Å². The first kappa shape index (κ1) is 28.8. The summed E-state index contributed by atoms with van der Waals surface area (Å²) >= 11 is 0. The maximum atomic E-state index is 12.5. The Hall–Kier alpha value is -3.47. The fraction of sp³-hybridized carbons (Fsp3) is 0.560. The average molecular weight is 505 g/mol. The van der Waals surface area contributed by atoms with Crippen molar-refractivity contribution in [2.24, 2.45) is 5.73 Å². The van der Waals surface area contributed by atoms with Gasteiger partial charge in [0.05, 0.1) is 12.1 Å². The molecule has 0 heterocycles. The van der Waals surface area contributed by atoms with Gasteiger partial charge in [0.25, 0.3) is 0 Å². The standard InChI is InChI=1S/C25H36N4O7/c1-16(27-22(31)15-35-21-11-7-6-10-19(21)28-17(2)30)25(34)29-20(24(26)33)12-13-23(32)36-14-18-8-4-3-5-9-18/h3-5,8-9,16,19-21H,6-7,10-15H2,1-2H3,(H2,26,33)(H,27,31)(H,28,30)(H,29,34)/t16-,19-,20-,21-/m1/s1. The Morgan fingerprint density at radius 3 is 2.42 bits per heavy atom. The molecular weight excluding hydrogens is 468 g/mol. The van der Waals surface area contributed by atoms with E-state index in [1.807, 2.05) is 30.3 Å². The zero-order valence-electron chi connectivity index (χ0n) is 20.8. The van der Waals surface area contributed by atoms with Crippen LogP contribution in [-0.4, -0.2) is 60.4 Å². The van der Waals surface area contributed by atoms with E-state index in [1.165, 1.54) is 13.8 Å². The van der Waals surface area contributed by atoms with Crippen molar-refractivity contribution in [1.82, 2.24) is 16.0 Å². The molecule has 1 saturated carbocycles. The van der Waals surface area contributed by atoms with Crippen molar-refractivity contribution in [1.29, 1.82) is 0 Å². The second-order valence-corrected chi connectivity index (χ2v) is 8.88. The molecule has 11 heteroatoms. The first-order valence-corrected chi connectivity index (χ1v) is 12.1. The molecule has 4 amide bonds. The fourth-order valence-electron chi connectivity index (χ4n) is 3.91. The first-order valence-electron chi connectivity index (χ1n) is 12.1. The summed E-state index contributed by atoms with van der Waals surface area (Å²) in [5, 5.41) is 7.82. The number of hydrogen-bond donors (Lipinski definition) is 4. The van der Waals surface area contributed by atoms with E-state index in [1.54, 1.807) is 0 Å². The third-order valence-corrected chi connectivity index (χ3v) is 5.83. The number of esters is 1. The number of hydrogen-bond acceptors (Lipinski definition) is 7. The molecule has 198 valence electrons. The van der Waals surface area contributed by atoms with Gasteiger partial charge < -0.3 is 31.2 Å². The molecule has 1 fully saturated rings. The second-order valence-electron chi connectivity index (χ2n) is 8.88. The van der Waals surface area contributed by atoms with Crippen LogP contribution >= 0.6 is 0 Å². The lowest BCUT2D eigenvalue weighted by Gasteiger charge is -2.31. The molecular formula is C25H36N4O7. The Morgan fingerprint density at radius 1 is 1.06 bits per heavy atom. The van der Waals surface area contributed by atoms with Gasteiger partial charge in [0.1, 0.15) is 25.3 Å². The highest BCUT2D eigenvalue weighted by Gasteiger charge is 2.28. The van der Waals surface area contributed by atoms with E-state index in [4.69, 9.17) is 15.2 Å². The van der Waals surface area contributed by atoms with Crippen molar-refractivity contribution in [3.63, 3.8) is 0 Å². The van der Waals surface area contributed by atoms with Crippen LogP contribution in [0, 0.1) is 0 Å². The third-order valence-electron chi connectivity index (χ3n) is 5.83. The molecule has 0 saturated heterocycles. The zero-order chi connectivity index (χ0) is 26.5. The number of amides is 4. The van der Waals surface area contributed by atoms with Crippen LogP contribution in [0.2, 0.25) is 0 Å². The van der Waals surface area contributed by atoms with E-state index in [2.05, 4.69) is 16.0 Å². The average Bonchev–Trinajstić information content (AvgIpc) is 2.84. The summed E-state index contributed by atoms with van der Waals surface area (Å²) in [6, 6.07) is 6.92. The van der Waals surface area contributed by atoms with E-state index in [0.29, 0.717) is 0 Å². The van der Waals surface area contributed by atoms with Gasteiger partial charge in [0, 0.05) is 13.3 Å². The minimum absolute atomic E-state index is 0.0370. The van der Waals surface area contributed by atoms with Crippen molar-refractivity contribution in [3.05, 3.63) is 35.9 Å². The molecule has 0 bridgehead atoms. The second kappa shape index (κ2) is 14.8. The summed E-state index contributed by atoms with van der Waals surface area (Å²) in [5.41, 5.74) is 6.20. The van der Waals surface area contributed by atoms with Gasteiger partial charge in [-0.1, -0.05) is 43.2 Å². The largest absolute Gasteiger partial charge is 0.461 e. The molecule has 0 aromatic heterocycles. The van der Waals surface area contributed by atoms with Crippen molar-refractivity contribution < 1.29 is 33.4 Å². The van der Waals surface area contributed by atoms with Crippen LogP contribution in [0.5, 0.6) is 0 Å². The molecule has 11 nitrogen and oxygen atoms in total. The van der Waals surface area contributed by atoms with Crippen LogP contribution < -0.4 is 21.7 Å². The lowest BCUT2D eigenvalue weighted by Crippen LogP contribution is -2.52. The van der Waals surface area contributed by atoms with Gasteiger partial charge in [-0.3, -0.25) is 24.0 Å². The van der Waals surface area contributed by atoms with Crippen LogP contribution in [0.1, 0.15) is 57.9 Å². The molecule has 1 aliphatic carbocycles. The van der Waals surface area contributed by atoms with Crippen molar-refractivity contribution >= 4 is 29.6 Å². The van der Waals surface area contributed by atoms with Crippen molar-refractivity contribution in [2.45, 2.75) is 83.2 Å². The lowest BCUT2D eigenvalue weighted by molar-refractivity contribution is -0.145. The zero-order valence-corrected chi connectivity index (χ0v) is 20.8. The molecule has 0 spiro atoms. The van der Waals surface area contributed by atoms with E-state index in [9.17, 15) is 24.0 Å². The first-order chi connectivity index (χ1) is 17.2. The van der Waals surface area contributed by atoms with Gasteiger partial charge in [-0.15, -0.1) is 0 Å². The molecule has 0 radical (unpaired) electrons. The molecule has 1 aromatic rings. The topological polar surface area (TPSA) is 166 Å². The van der Waals surface area contributed by atoms with Gasteiger partial charge in [-0.25, -0.2) is 0 Å². The van der Waals surface area contributed by atoms with Gasteiger partial charge >= 0.3 is 5.97 Å². The predicted molar refractivity (Wildman–Crippen MR) is 130 cm³/mol. The fourth-order valence-corrected chi connectivity index (χ4v) is 3.91. The minimum Gasteiger partial charge on any atom is -0.461 e. The highest BCUT2D eigenvalue weighted by molar-refractivity contribution is 5.91. The van der Waals surface area contributed by atoms with Gasteiger partial charge in [0.15, 0.2) is 0 Å². The highest BCUT2D eigenvalue weighted by atomic mass is 16.5. The van der Waals surface area contributed by atoms with Gasteiger partial charge in [-0.2, -0.15) is 0 Å². The predicted octanol–water partition coefficient (Wildman–Crippen LogP) is 0.449. The lowest BCUT2D eigenvalue weighted by atomic mass is 9.92. The Kier molecular flexibility index (Phi) is 11.8. The quantitative estimate of drug-likeness (QED) is 0.283. The summed E-state index contributed by atoms with van der Waals surface area (Å²) in [7, 11) is 0. The normalized spacial score (nSPS) is 18.8. The van der Waals surface area contributed by atoms with E-state index >= 15 is 0 Å². The molecule has 1 aliphatic rings. The Balaban J connectivity index is 1.74. The number of carbonyl (C=O) groups excluding carboxylic acids is 5. The minimum atomic E-state index is -1.10. The molecule has 5 N–H and O–H groups in total. The number of ether oxygens (including phenoxy) is 2. The summed E-state index contributed by atoms with van der Waals surface area (Å²) in [5.74, 6) is -2.62. The summed E-state index contributed by atoms with van der Waals surface area (Å²) < 4.78 is 10.9. The molecule has 4 atom stereocenters. The van der Waals surface area contributed by atoms with Crippen molar-refractivity contribution in [2.75, 3.05) is 6.61 Å². The number of benzene rings is 1. The number of rotatable bonds is 13. The summed E-state index contributed by atoms with van der Waals surface area (Å²) in [6.07, 6.45) is 2.98. The van der Waals surface area contributed by atoms with Crippen LogP contribution in [0.15, 0.2) is 30.3 Å². The Morgan fingerprint density at radius 2 is 1.75 bits per heavy atom. The van der Waals surface area contributed by atoms with Crippen LogP contribution in [0.25, 0.3) is 0 Å². The number of primary amides is 1. The Labute approximate surface area is 210 Å². The molecule has 0 aliphatic heterocycles. The molecule has 36 heavy (non-hydrogen) atoms. The number of nitrogens with one attached hydrogen (secondary N) is 3. The number of nitrogens with two attached hydrogens (primary N) is 1. The molecule has 0 unspecified atom stereocenters. The maximum Gasteiger partial charge on any atom is 0.306 e. The van der Waals surface area contributed by atoms with Gasteiger partial charge in [-0.05, 0) is 31.7 Å². The third kappa shape index (κ3) is 10.4. The van der Waals surface area contributed by atoms with E-state index in [-0.39, 0.29) is 44.1 Å². The highest BCUT2D eigenvalue weighted by Crippen LogP contribution is 2.21. The molecule has 2 rings (SSSR count).